The number of amides is 1. The van der Waals surface area contributed by atoms with Gasteiger partial charge in [-0.05, 0) is 20.3 Å². The number of carbonyl (C=O) groups excluding carboxylic acids is 1. The molecule has 78 valence electrons. The van der Waals surface area contributed by atoms with Crippen LogP contribution in [0.15, 0.2) is 10.6 Å². The van der Waals surface area contributed by atoms with E-state index in [0.29, 0.717) is 12.1 Å². The van der Waals surface area contributed by atoms with E-state index in [4.69, 9.17) is 4.52 Å². The largest absolute Gasteiger partial charge is 0.361 e. The van der Waals surface area contributed by atoms with E-state index < -0.39 is 0 Å². The van der Waals surface area contributed by atoms with Crippen LogP contribution in [-0.4, -0.2) is 17.1 Å². The minimum atomic E-state index is -0.00681. The fourth-order valence-electron chi connectivity index (χ4n) is 1.09. The Bertz CT molecular complexity index is 307. The fraction of sp³-hybridized carbons (Fsp3) is 0.600. The van der Waals surface area contributed by atoms with Crippen molar-refractivity contribution in [2.75, 3.05) is 0 Å². The van der Waals surface area contributed by atoms with E-state index in [0.717, 1.165) is 12.2 Å². The zero-order valence-electron chi connectivity index (χ0n) is 8.83. The number of carbonyl (C=O) groups is 1. The first-order valence-corrected chi connectivity index (χ1v) is 4.83. The summed E-state index contributed by atoms with van der Waals surface area (Å²) in [6, 6.07) is 1.99. The third-order valence-electron chi connectivity index (χ3n) is 2.04. The van der Waals surface area contributed by atoms with Gasteiger partial charge in [-0.2, -0.15) is 0 Å². The molecule has 0 saturated carbocycles. The van der Waals surface area contributed by atoms with Gasteiger partial charge in [0.1, 0.15) is 5.76 Å². The summed E-state index contributed by atoms with van der Waals surface area (Å²) in [4.78, 5) is 11.4. The van der Waals surface area contributed by atoms with Gasteiger partial charge in [0.05, 0.1) is 12.1 Å². The van der Waals surface area contributed by atoms with Crippen molar-refractivity contribution < 1.29 is 9.32 Å². The number of hydrogen-bond acceptors (Lipinski definition) is 3. The third-order valence-corrected chi connectivity index (χ3v) is 2.04. The molecule has 0 bridgehead atoms. The third kappa shape index (κ3) is 3.20. The van der Waals surface area contributed by atoms with Crippen LogP contribution in [-0.2, 0) is 11.2 Å². The second-order valence-electron chi connectivity index (χ2n) is 3.48. The molecule has 1 unspecified atom stereocenters. The van der Waals surface area contributed by atoms with Crippen LogP contribution in [0.3, 0.4) is 0 Å². The molecular weight excluding hydrogens is 180 g/mol. The van der Waals surface area contributed by atoms with Crippen LogP contribution in [0.2, 0.25) is 0 Å². The van der Waals surface area contributed by atoms with Crippen LogP contribution in [0.5, 0.6) is 0 Å². The highest BCUT2D eigenvalue weighted by molar-refractivity contribution is 5.78. The van der Waals surface area contributed by atoms with Gasteiger partial charge in [-0.3, -0.25) is 4.79 Å². The van der Waals surface area contributed by atoms with Crippen LogP contribution in [0.1, 0.15) is 31.7 Å². The molecule has 4 nitrogen and oxygen atoms in total. The Labute approximate surface area is 83.7 Å². The zero-order valence-corrected chi connectivity index (χ0v) is 8.83. The maximum atomic E-state index is 11.4. The quantitative estimate of drug-likeness (QED) is 0.792. The summed E-state index contributed by atoms with van der Waals surface area (Å²) in [5.41, 5.74) is 0.684. The lowest BCUT2D eigenvalue weighted by Gasteiger charge is -2.09. The summed E-state index contributed by atoms with van der Waals surface area (Å²) in [7, 11) is 0. The summed E-state index contributed by atoms with van der Waals surface area (Å²) in [6.07, 6.45) is 1.23. The van der Waals surface area contributed by atoms with Crippen molar-refractivity contribution in [3.8, 4) is 0 Å². The monoisotopic (exact) mass is 196 g/mol. The van der Waals surface area contributed by atoms with Crippen molar-refractivity contribution in [1.82, 2.24) is 10.5 Å². The molecule has 0 aliphatic rings. The summed E-state index contributed by atoms with van der Waals surface area (Å²) >= 11 is 0. The van der Waals surface area contributed by atoms with Gasteiger partial charge in [0, 0.05) is 12.1 Å². The first kappa shape index (κ1) is 10.8. The molecule has 0 aliphatic carbocycles. The van der Waals surface area contributed by atoms with E-state index in [1.54, 1.807) is 6.07 Å². The first-order chi connectivity index (χ1) is 6.61. The Hall–Kier alpha value is -1.32. The minimum Gasteiger partial charge on any atom is -0.361 e. The molecule has 0 aliphatic heterocycles. The van der Waals surface area contributed by atoms with Gasteiger partial charge in [-0.25, -0.2) is 0 Å². The highest BCUT2D eigenvalue weighted by atomic mass is 16.5. The average Bonchev–Trinajstić information content (AvgIpc) is 2.50. The number of nitrogens with zero attached hydrogens (tertiary/aromatic N) is 1. The second-order valence-corrected chi connectivity index (χ2v) is 3.48. The summed E-state index contributed by atoms with van der Waals surface area (Å²) in [6.45, 7) is 5.82. The maximum Gasteiger partial charge on any atom is 0.226 e. The molecule has 0 aromatic carbocycles. The smallest absolute Gasteiger partial charge is 0.226 e. The number of nitrogens with one attached hydrogen (secondary N) is 1. The van der Waals surface area contributed by atoms with Crippen LogP contribution in [0.4, 0.5) is 0 Å². The molecule has 1 heterocycles. The highest BCUT2D eigenvalue weighted by Crippen LogP contribution is 2.02. The SMILES string of the molecule is CCC(C)NC(=O)Cc1cc(C)on1. The van der Waals surface area contributed by atoms with Gasteiger partial charge in [-0.15, -0.1) is 0 Å². The molecule has 4 heteroatoms. The molecule has 0 fully saturated rings. The lowest BCUT2D eigenvalue weighted by molar-refractivity contribution is -0.121. The van der Waals surface area contributed by atoms with Crippen LogP contribution < -0.4 is 5.32 Å². The topological polar surface area (TPSA) is 55.1 Å². The predicted octanol–water partition coefficient (Wildman–Crippen LogP) is 1.44. The number of hydrogen-bond donors (Lipinski definition) is 1. The molecule has 1 rings (SSSR count). The van der Waals surface area contributed by atoms with Crippen LogP contribution >= 0.6 is 0 Å². The summed E-state index contributed by atoms with van der Waals surface area (Å²) < 4.78 is 4.87. The number of aromatic nitrogens is 1. The Morgan fingerprint density at radius 1 is 1.71 bits per heavy atom. The van der Waals surface area contributed by atoms with Gasteiger partial charge in [0.15, 0.2) is 0 Å². The van der Waals surface area contributed by atoms with E-state index in [-0.39, 0.29) is 11.9 Å². The van der Waals surface area contributed by atoms with Crippen LogP contribution in [0.25, 0.3) is 0 Å². The first-order valence-electron chi connectivity index (χ1n) is 4.83. The van der Waals surface area contributed by atoms with Gasteiger partial charge >= 0.3 is 0 Å². The van der Waals surface area contributed by atoms with Crippen molar-refractivity contribution in [3.05, 3.63) is 17.5 Å². The van der Waals surface area contributed by atoms with Crippen molar-refractivity contribution in [1.29, 1.82) is 0 Å². The van der Waals surface area contributed by atoms with E-state index in [9.17, 15) is 4.79 Å². The Kier molecular flexibility index (Phi) is 3.68. The van der Waals surface area contributed by atoms with Crippen molar-refractivity contribution in [3.63, 3.8) is 0 Å². The number of rotatable bonds is 4. The van der Waals surface area contributed by atoms with Crippen molar-refractivity contribution in [2.45, 2.75) is 39.7 Å². The molecule has 0 spiro atoms. The molecule has 0 radical (unpaired) electrons. The highest BCUT2D eigenvalue weighted by Gasteiger charge is 2.09. The van der Waals surface area contributed by atoms with Crippen molar-refractivity contribution >= 4 is 5.91 Å². The lowest BCUT2D eigenvalue weighted by Crippen LogP contribution is -2.33. The zero-order chi connectivity index (χ0) is 10.6. The Balaban J connectivity index is 2.41. The van der Waals surface area contributed by atoms with Gasteiger partial charge in [-0.1, -0.05) is 12.1 Å². The molecule has 1 amide bonds. The molecule has 1 aromatic heterocycles. The molecule has 1 atom stereocenters. The maximum absolute atomic E-state index is 11.4. The Morgan fingerprint density at radius 2 is 2.43 bits per heavy atom. The van der Waals surface area contributed by atoms with Gasteiger partial charge in [0.2, 0.25) is 5.91 Å². The van der Waals surface area contributed by atoms with E-state index in [2.05, 4.69) is 10.5 Å². The lowest BCUT2D eigenvalue weighted by atomic mass is 10.2. The van der Waals surface area contributed by atoms with E-state index in [1.165, 1.54) is 0 Å². The van der Waals surface area contributed by atoms with E-state index in [1.807, 2.05) is 20.8 Å². The molecule has 14 heavy (non-hydrogen) atoms. The van der Waals surface area contributed by atoms with Crippen molar-refractivity contribution in [2.24, 2.45) is 0 Å². The molecule has 1 aromatic rings. The Morgan fingerprint density at radius 3 is 2.93 bits per heavy atom. The van der Waals surface area contributed by atoms with E-state index >= 15 is 0 Å². The normalized spacial score (nSPS) is 12.5. The molecule has 1 N–H and O–H groups in total. The molecular formula is C10H16N2O2. The second kappa shape index (κ2) is 4.79. The minimum absolute atomic E-state index is 0.00681. The average molecular weight is 196 g/mol. The number of aryl methyl sites for hydroxylation is 1. The van der Waals surface area contributed by atoms with Gasteiger partial charge in [0.25, 0.3) is 0 Å². The summed E-state index contributed by atoms with van der Waals surface area (Å²) in [5.74, 6) is 0.726. The predicted molar refractivity (Wildman–Crippen MR) is 52.8 cm³/mol. The standard InChI is InChI=1S/C10H16N2O2/c1-4-7(2)11-10(13)6-9-5-8(3)14-12-9/h5,7H,4,6H2,1-3H3,(H,11,13). The molecule has 0 saturated heterocycles. The van der Waals surface area contributed by atoms with Crippen LogP contribution in [0, 0.1) is 6.92 Å². The van der Waals surface area contributed by atoms with Gasteiger partial charge < -0.3 is 9.84 Å². The fourth-order valence-corrected chi connectivity index (χ4v) is 1.09. The summed E-state index contributed by atoms with van der Waals surface area (Å²) in [5, 5.41) is 6.62.